The Morgan fingerprint density at radius 1 is 1.26 bits per heavy atom. The smallest absolute Gasteiger partial charge is 0.228 e. The largest absolute Gasteiger partial charge is 0.471 e. The molecule has 0 saturated heterocycles. The van der Waals surface area contributed by atoms with Crippen molar-refractivity contribution in [1.82, 2.24) is 14.3 Å². The molecule has 2 heterocycles. The average Bonchev–Trinajstić information content (AvgIpc) is 3.16. The van der Waals surface area contributed by atoms with Gasteiger partial charge in [-0.15, -0.1) is 0 Å². The van der Waals surface area contributed by atoms with E-state index in [2.05, 4.69) is 55.4 Å². The summed E-state index contributed by atoms with van der Waals surface area (Å²) in [5.74, 6) is 0.560. The SMILES string of the molecule is CCN(C)/C=N/c1cc(Br)c(OCc2cc(-c3ccccc3)ns2)nc1C. The zero-order valence-corrected chi connectivity index (χ0v) is 17.9. The molecule has 0 aliphatic heterocycles. The molecule has 0 aliphatic rings. The standard InChI is InChI=1S/C20H21BrN4OS/c1-4-25(3)13-22-18-11-17(21)20(23-14(18)2)26-12-16-10-19(24-27-16)15-8-6-5-7-9-15/h5-11,13H,4,12H2,1-3H3/b22-13+. The molecule has 3 aromatic rings. The number of benzene rings is 1. The van der Waals surface area contributed by atoms with Gasteiger partial charge in [0.2, 0.25) is 5.88 Å². The minimum atomic E-state index is 0.427. The van der Waals surface area contributed by atoms with Gasteiger partial charge in [0.1, 0.15) is 6.61 Å². The first-order valence-electron chi connectivity index (χ1n) is 8.62. The summed E-state index contributed by atoms with van der Waals surface area (Å²) in [7, 11) is 1.98. The van der Waals surface area contributed by atoms with Gasteiger partial charge in [0, 0.05) is 19.2 Å². The molecule has 0 bridgehead atoms. The van der Waals surface area contributed by atoms with Crippen LogP contribution in [0.2, 0.25) is 0 Å². The monoisotopic (exact) mass is 444 g/mol. The van der Waals surface area contributed by atoms with Crippen molar-refractivity contribution < 1.29 is 4.74 Å². The van der Waals surface area contributed by atoms with Gasteiger partial charge < -0.3 is 9.64 Å². The van der Waals surface area contributed by atoms with Gasteiger partial charge in [-0.3, -0.25) is 0 Å². The third-order valence-corrected chi connectivity index (χ3v) is 5.31. The number of ether oxygens (including phenoxy) is 1. The number of aryl methyl sites for hydroxylation is 1. The van der Waals surface area contributed by atoms with Crippen LogP contribution < -0.4 is 4.74 Å². The van der Waals surface area contributed by atoms with Gasteiger partial charge in [-0.1, -0.05) is 30.3 Å². The Labute approximate surface area is 172 Å². The molecule has 7 heteroatoms. The Bertz CT molecular complexity index is 927. The summed E-state index contributed by atoms with van der Waals surface area (Å²) < 4.78 is 11.2. The Morgan fingerprint density at radius 2 is 2.04 bits per heavy atom. The highest BCUT2D eigenvalue weighted by Crippen LogP contribution is 2.31. The summed E-state index contributed by atoms with van der Waals surface area (Å²) in [6, 6.07) is 14.1. The van der Waals surface area contributed by atoms with Crippen molar-refractivity contribution in [1.29, 1.82) is 0 Å². The molecule has 140 valence electrons. The number of halogens is 1. The van der Waals surface area contributed by atoms with Crippen LogP contribution in [0.25, 0.3) is 11.3 Å². The molecule has 0 atom stereocenters. The van der Waals surface area contributed by atoms with E-state index in [0.29, 0.717) is 12.5 Å². The van der Waals surface area contributed by atoms with Crippen molar-refractivity contribution in [3.63, 3.8) is 0 Å². The Morgan fingerprint density at radius 3 is 2.78 bits per heavy atom. The topological polar surface area (TPSA) is 50.6 Å². The molecule has 0 fully saturated rings. The van der Waals surface area contributed by atoms with Crippen LogP contribution in [0.4, 0.5) is 5.69 Å². The van der Waals surface area contributed by atoms with E-state index in [1.54, 1.807) is 6.34 Å². The van der Waals surface area contributed by atoms with Crippen LogP contribution in [0.1, 0.15) is 17.5 Å². The molecule has 3 rings (SSSR count). The zero-order chi connectivity index (χ0) is 19.2. The molecule has 0 amide bonds. The van der Waals surface area contributed by atoms with Crippen LogP contribution in [-0.2, 0) is 6.61 Å². The van der Waals surface area contributed by atoms with Gasteiger partial charge in [-0.25, -0.2) is 9.98 Å². The van der Waals surface area contributed by atoms with E-state index >= 15 is 0 Å². The third kappa shape index (κ3) is 5.14. The fraction of sp³-hybridized carbons (Fsp3) is 0.250. The Balaban J connectivity index is 1.69. The van der Waals surface area contributed by atoms with E-state index in [-0.39, 0.29) is 0 Å². The predicted octanol–water partition coefficient (Wildman–Crippen LogP) is 5.47. The maximum atomic E-state index is 5.90. The summed E-state index contributed by atoms with van der Waals surface area (Å²) in [4.78, 5) is 12.1. The Kier molecular flexibility index (Phi) is 6.58. The second kappa shape index (κ2) is 9.10. The third-order valence-electron chi connectivity index (χ3n) is 3.98. The zero-order valence-electron chi connectivity index (χ0n) is 15.5. The summed E-state index contributed by atoms with van der Waals surface area (Å²) >= 11 is 4.98. The lowest BCUT2D eigenvalue weighted by Crippen LogP contribution is -2.14. The minimum Gasteiger partial charge on any atom is -0.471 e. The number of hydrogen-bond donors (Lipinski definition) is 0. The molecular formula is C20H21BrN4OS. The number of aromatic nitrogens is 2. The number of nitrogens with zero attached hydrogens (tertiary/aromatic N) is 4. The molecule has 27 heavy (non-hydrogen) atoms. The second-order valence-corrected chi connectivity index (χ2v) is 7.77. The van der Waals surface area contributed by atoms with Crippen LogP contribution in [0.15, 0.2) is 51.9 Å². The normalized spacial score (nSPS) is 11.1. The summed E-state index contributed by atoms with van der Waals surface area (Å²) in [6.45, 7) is 5.33. The quantitative estimate of drug-likeness (QED) is 0.358. The minimum absolute atomic E-state index is 0.427. The Hall–Kier alpha value is -2.25. The van der Waals surface area contributed by atoms with Crippen LogP contribution in [0.5, 0.6) is 5.88 Å². The van der Waals surface area contributed by atoms with Crippen molar-refractivity contribution in [3.05, 3.63) is 57.5 Å². The molecule has 5 nitrogen and oxygen atoms in total. The van der Waals surface area contributed by atoms with Crippen molar-refractivity contribution in [2.75, 3.05) is 13.6 Å². The van der Waals surface area contributed by atoms with Crippen molar-refractivity contribution in [3.8, 4) is 17.1 Å². The second-order valence-electron chi connectivity index (χ2n) is 6.03. The molecule has 0 radical (unpaired) electrons. The molecular weight excluding hydrogens is 424 g/mol. The molecule has 0 unspecified atom stereocenters. The van der Waals surface area contributed by atoms with E-state index in [0.717, 1.165) is 38.5 Å². The lowest BCUT2D eigenvalue weighted by molar-refractivity contribution is 0.294. The fourth-order valence-corrected chi connectivity index (χ4v) is 3.36. The number of rotatable bonds is 7. The first kappa shape index (κ1) is 19.5. The lowest BCUT2D eigenvalue weighted by atomic mass is 10.1. The van der Waals surface area contributed by atoms with E-state index in [1.807, 2.05) is 43.1 Å². The van der Waals surface area contributed by atoms with E-state index < -0.39 is 0 Å². The van der Waals surface area contributed by atoms with Crippen LogP contribution >= 0.6 is 27.5 Å². The highest BCUT2D eigenvalue weighted by Gasteiger charge is 2.10. The van der Waals surface area contributed by atoms with E-state index in [4.69, 9.17) is 4.74 Å². The maximum Gasteiger partial charge on any atom is 0.228 e. The fourth-order valence-electron chi connectivity index (χ4n) is 2.29. The number of hydrogen-bond acceptors (Lipinski definition) is 5. The number of pyridine rings is 1. The van der Waals surface area contributed by atoms with Crippen LogP contribution in [0.3, 0.4) is 0 Å². The summed E-state index contributed by atoms with van der Waals surface area (Å²) in [5, 5.41) is 0. The summed E-state index contributed by atoms with van der Waals surface area (Å²) in [5.41, 5.74) is 3.71. The van der Waals surface area contributed by atoms with Gasteiger partial charge in [-0.2, -0.15) is 4.37 Å². The highest BCUT2D eigenvalue weighted by molar-refractivity contribution is 9.10. The van der Waals surface area contributed by atoms with E-state index in [1.165, 1.54) is 11.5 Å². The first-order valence-corrected chi connectivity index (χ1v) is 10.2. The van der Waals surface area contributed by atoms with Gasteiger partial charge in [0.15, 0.2) is 0 Å². The van der Waals surface area contributed by atoms with Gasteiger partial charge in [0.25, 0.3) is 0 Å². The predicted molar refractivity (Wildman–Crippen MR) is 115 cm³/mol. The first-order chi connectivity index (χ1) is 13.1. The van der Waals surface area contributed by atoms with Crippen LogP contribution in [-0.4, -0.2) is 34.2 Å². The molecule has 0 N–H and O–H groups in total. The van der Waals surface area contributed by atoms with Crippen molar-refractivity contribution >= 4 is 39.5 Å². The molecule has 0 aliphatic carbocycles. The van der Waals surface area contributed by atoms with Gasteiger partial charge >= 0.3 is 0 Å². The lowest BCUT2D eigenvalue weighted by Gasteiger charge is -2.11. The summed E-state index contributed by atoms with van der Waals surface area (Å²) in [6.07, 6.45) is 1.80. The molecule has 0 saturated carbocycles. The average molecular weight is 445 g/mol. The molecule has 2 aromatic heterocycles. The number of aliphatic imine (C=N–C) groups is 1. The maximum absolute atomic E-state index is 5.90. The highest BCUT2D eigenvalue weighted by atomic mass is 79.9. The molecule has 0 spiro atoms. The van der Waals surface area contributed by atoms with Crippen molar-refractivity contribution in [2.24, 2.45) is 4.99 Å². The van der Waals surface area contributed by atoms with Crippen molar-refractivity contribution in [2.45, 2.75) is 20.5 Å². The van der Waals surface area contributed by atoms with E-state index in [9.17, 15) is 0 Å². The van der Waals surface area contributed by atoms with Crippen LogP contribution in [0, 0.1) is 6.92 Å². The molecule has 1 aromatic carbocycles. The van der Waals surface area contributed by atoms with Gasteiger partial charge in [-0.05, 0) is 53.4 Å². The van der Waals surface area contributed by atoms with Gasteiger partial charge in [0.05, 0.1) is 32.8 Å².